The molecule has 0 aliphatic rings. The lowest BCUT2D eigenvalue weighted by atomic mass is 9.91. The van der Waals surface area contributed by atoms with Gasteiger partial charge in [0.25, 0.3) is 0 Å². The molecule has 0 saturated heterocycles. The summed E-state index contributed by atoms with van der Waals surface area (Å²) in [5, 5.41) is 5.67. The van der Waals surface area contributed by atoms with Gasteiger partial charge in [-0.3, -0.25) is 0 Å². The second-order valence-electron chi connectivity index (χ2n) is 5.24. The first kappa shape index (κ1) is 15.3. The van der Waals surface area contributed by atoms with Crippen molar-refractivity contribution in [2.75, 3.05) is 6.54 Å². The summed E-state index contributed by atoms with van der Waals surface area (Å²) >= 11 is 15.4. The topological polar surface area (TPSA) is 12.0 Å². The number of halogens is 2. The highest BCUT2D eigenvalue weighted by Gasteiger charge is 2.23. The first-order valence-electron chi connectivity index (χ1n) is 6.12. The maximum absolute atomic E-state index is 6.19. The number of hydrogen-bond donors (Lipinski definition) is 1. The minimum absolute atomic E-state index is 0.120. The van der Waals surface area contributed by atoms with E-state index in [4.69, 9.17) is 23.2 Å². The fourth-order valence-corrected chi connectivity index (χ4v) is 4.41. The van der Waals surface area contributed by atoms with E-state index in [-0.39, 0.29) is 11.5 Å². The first-order chi connectivity index (χ1) is 8.90. The molecule has 2 aromatic rings. The van der Waals surface area contributed by atoms with Crippen LogP contribution < -0.4 is 5.32 Å². The van der Waals surface area contributed by atoms with Crippen molar-refractivity contribution in [2.24, 2.45) is 0 Å². The smallest absolute Gasteiger partial charge is 0.0991 e. The second-order valence-corrected chi connectivity index (χ2v) is 8.48. The van der Waals surface area contributed by atoms with Crippen LogP contribution in [0.2, 0.25) is 8.67 Å². The molecular formula is C14H17Cl2NS2. The molecular weight excluding hydrogens is 317 g/mol. The molecule has 1 N–H and O–H groups in total. The maximum atomic E-state index is 6.19. The van der Waals surface area contributed by atoms with Crippen LogP contribution in [0, 0.1) is 0 Å². The van der Waals surface area contributed by atoms with Crippen LogP contribution in [0.5, 0.6) is 0 Å². The number of rotatable bonds is 5. The lowest BCUT2D eigenvalue weighted by Crippen LogP contribution is -2.33. The summed E-state index contributed by atoms with van der Waals surface area (Å²) in [7, 11) is 0. The Balaban J connectivity index is 2.01. The average Bonchev–Trinajstić information content (AvgIpc) is 2.96. The van der Waals surface area contributed by atoms with E-state index in [9.17, 15) is 0 Å². The maximum Gasteiger partial charge on any atom is 0.0991 e. The monoisotopic (exact) mass is 333 g/mol. The van der Waals surface area contributed by atoms with Crippen molar-refractivity contribution < 1.29 is 0 Å². The Kier molecular flexibility index (Phi) is 4.96. The lowest BCUT2D eigenvalue weighted by Gasteiger charge is -2.26. The Morgan fingerprint density at radius 3 is 2.63 bits per heavy atom. The highest BCUT2D eigenvalue weighted by molar-refractivity contribution is 7.20. The molecule has 1 unspecified atom stereocenters. The van der Waals surface area contributed by atoms with Gasteiger partial charge in [-0.2, -0.15) is 0 Å². The van der Waals surface area contributed by atoms with Gasteiger partial charge in [0.05, 0.1) is 8.67 Å². The van der Waals surface area contributed by atoms with E-state index in [1.165, 1.54) is 16.2 Å². The van der Waals surface area contributed by atoms with Crippen LogP contribution in [-0.2, 0) is 5.41 Å². The Labute approximate surface area is 132 Å². The van der Waals surface area contributed by atoms with E-state index in [2.05, 4.69) is 43.6 Å². The van der Waals surface area contributed by atoms with E-state index >= 15 is 0 Å². The molecule has 2 heterocycles. The number of thiophene rings is 2. The molecule has 2 rings (SSSR count). The van der Waals surface area contributed by atoms with Gasteiger partial charge in [-0.1, -0.05) is 43.1 Å². The molecule has 0 radical (unpaired) electrons. The molecule has 1 nitrogen and oxygen atoms in total. The number of hydrogen-bond acceptors (Lipinski definition) is 3. The van der Waals surface area contributed by atoms with E-state index < -0.39 is 0 Å². The van der Waals surface area contributed by atoms with Crippen molar-refractivity contribution in [3.8, 4) is 0 Å². The van der Waals surface area contributed by atoms with Crippen LogP contribution in [0.15, 0.2) is 23.6 Å². The predicted molar refractivity (Wildman–Crippen MR) is 88.1 cm³/mol. The van der Waals surface area contributed by atoms with Crippen LogP contribution in [0.4, 0.5) is 0 Å². The molecule has 1 atom stereocenters. The molecule has 0 aliphatic carbocycles. The summed E-state index contributed by atoms with van der Waals surface area (Å²) in [4.78, 5) is 1.39. The predicted octanol–water partition coefficient (Wildman–Crippen LogP) is 5.74. The van der Waals surface area contributed by atoms with Gasteiger partial charge in [0.15, 0.2) is 0 Å². The molecule has 2 aromatic heterocycles. The zero-order valence-electron chi connectivity index (χ0n) is 11.2. The fourth-order valence-electron chi connectivity index (χ4n) is 1.92. The number of nitrogens with one attached hydrogen (secondary N) is 1. The molecule has 0 spiro atoms. The van der Waals surface area contributed by atoms with E-state index in [0.717, 1.165) is 20.8 Å². The van der Waals surface area contributed by atoms with Crippen LogP contribution >= 0.6 is 45.9 Å². The van der Waals surface area contributed by atoms with Gasteiger partial charge >= 0.3 is 0 Å². The van der Waals surface area contributed by atoms with Gasteiger partial charge in [-0.05, 0) is 30.0 Å². The first-order valence-corrected chi connectivity index (χ1v) is 8.57. The van der Waals surface area contributed by atoms with Crippen LogP contribution in [0.1, 0.15) is 37.3 Å². The summed E-state index contributed by atoms with van der Waals surface area (Å²) in [5.41, 5.74) is 1.20. The minimum atomic E-state index is 0.120. The lowest BCUT2D eigenvalue weighted by molar-refractivity contribution is 0.442. The summed E-state index contributed by atoms with van der Waals surface area (Å²) in [6.07, 6.45) is 0. The quantitative estimate of drug-likeness (QED) is 0.735. The van der Waals surface area contributed by atoms with E-state index in [1.807, 2.05) is 6.07 Å². The van der Waals surface area contributed by atoms with Gasteiger partial charge in [0, 0.05) is 22.9 Å². The largest absolute Gasteiger partial charge is 0.309 e. The summed E-state index contributed by atoms with van der Waals surface area (Å²) in [5.74, 6) is 0. The summed E-state index contributed by atoms with van der Waals surface area (Å²) < 4.78 is 1.52. The third-order valence-electron chi connectivity index (χ3n) is 3.19. The van der Waals surface area contributed by atoms with Crippen molar-refractivity contribution in [1.82, 2.24) is 5.32 Å². The van der Waals surface area contributed by atoms with Crippen LogP contribution in [0.3, 0.4) is 0 Å². The van der Waals surface area contributed by atoms with Gasteiger partial charge in [-0.25, -0.2) is 0 Å². The summed E-state index contributed by atoms with van der Waals surface area (Å²) in [6.45, 7) is 7.52. The Morgan fingerprint density at radius 2 is 2.11 bits per heavy atom. The van der Waals surface area contributed by atoms with Crippen molar-refractivity contribution in [3.63, 3.8) is 0 Å². The van der Waals surface area contributed by atoms with E-state index in [0.29, 0.717) is 0 Å². The van der Waals surface area contributed by atoms with Gasteiger partial charge in [0.1, 0.15) is 0 Å². The molecule has 0 aliphatic heterocycles. The third kappa shape index (κ3) is 3.73. The molecule has 104 valence electrons. The van der Waals surface area contributed by atoms with Gasteiger partial charge in [0.2, 0.25) is 0 Å². The van der Waals surface area contributed by atoms with Crippen molar-refractivity contribution in [2.45, 2.75) is 32.2 Å². The molecule has 0 bridgehead atoms. The van der Waals surface area contributed by atoms with Crippen LogP contribution in [0.25, 0.3) is 0 Å². The zero-order chi connectivity index (χ0) is 14.0. The molecule has 0 amide bonds. The highest BCUT2D eigenvalue weighted by atomic mass is 35.5. The molecule has 0 saturated carbocycles. The third-order valence-corrected chi connectivity index (χ3v) is 5.94. The fraction of sp³-hybridized carbons (Fsp3) is 0.429. The summed E-state index contributed by atoms with van der Waals surface area (Å²) in [6, 6.07) is 6.44. The Morgan fingerprint density at radius 1 is 1.37 bits per heavy atom. The highest BCUT2D eigenvalue weighted by Crippen LogP contribution is 2.35. The molecule has 19 heavy (non-hydrogen) atoms. The SMILES string of the molecule is CC(NCC(C)(C)c1cccs1)c1cc(Cl)sc1Cl. The van der Waals surface area contributed by atoms with Crippen molar-refractivity contribution in [1.29, 1.82) is 0 Å². The molecule has 0 aromatic carbocycles. The van der Waals surface area contributed by atoms with Crippen molar-refractivity contribution in [3.05, 3.63) is 42.7 Å². The van der Waals surface area contributed by atoms with Crippen molar-refractivity contribution >= 4 is 45.9 Å². The zero-order valence-corrected chi connectivity index (χ0v) is 14.3. The molecule has 5 heteroatoms. The standard InChI is InChI=1S/C14H17Cl2NS2/c1-9(10-7-12(15)19-13(10)16)17-8-14(2,3)11-5-4-6-18-11/h4-7,9,17H,8H2,1-3H3. The molecule has 0 fully saturated rings. The minimum Gasteiger partial charge on any atom is -0.309 e. The van der Waals surface area contributed by atoms with E-state index in [1.54, 1.807) is 11.3 Å². The Hall–Kier alpha value is -0.0600. The van der Waals surface area contributed by atoms with Gasteiger partial charge in [-0.15, -0.1) is 22.7 Å². The van der Waals surface area contributed by atoms with Gasteiger partial charge < -0.3 is 5.32 Å². The second kappa shape index (κ2) is 6.15. The normalized spacial score (nSPS) is 13.7. The average molecular weight is 334 g/mol. The van der Waals surface area contributed by atoms with Crippen LogP contribution in [-0.4, -0.2) is 6.54 Å². The Bertz CT molecular complexity index is 532.